The molecule has 0 aromatic heterocycles. The Balaban J connectivity index is 3.04. The van der Waals surface area contributed by atoms with E-state index in [0.29, 0.717) is 4.90 Å². The number of carboxylic acid groups (broad SMARTS) is 1. The van der Waals surface area contributed by atoms with Crippen molar-refractivity contribution < 1.29 is 24.4 Å². The number of hydrogen-bond donors (Lipinski definition) is 2. The quantitative estimate of drug-likeness (QED) is 0.536. The van der Waals surface area contributed by atoms with Crippen molar-refractivity contribution in [2.45, 2.75) is 0 Å². The summed E-state index contributed by atoms with van der Waals surface area (Å²) >= 11 is 0. The second kappa shape index (κ2) is 6.27. The van der Waals surface area contributed by atoms with Gasteiger partial charge in [-0.3, -0.25) is 24.5 Å². The van der Waals surface area contributed by atoms with E-state index in [2.05, 4.69) is 0 Å². The lowest BCUT2D eigenvalue weighted by atomic mass is 10.1. The molecule has 106 valence electrons. The van der Waals surface area contributed by atoms with Crippen LogP contribution in [0, 0.1) is 10.1 Å². The van der Waals surface area contributed by atoms with E-state index in [-0.39, 0.29) is 11.3 Å². The molecular weight excluding hydrogens is 270 g/mol. The van der Waals surface area contributed by atoms with Crippen LogP contribution in [0.3, 0.4) is 0 Å². The average Bonchev–Trinajstić information content (AvgIpc) is 2.36. The lowest BCUT2D eigenvalue weighted by molar-refractivity contribution is -0.384. The predicted octanol–water partition coefficient (Wildman–Crippen LogP) is -0.393. The van der Waals surface area contributed by atoms with Gasteiger partial charge < -0.3 is 15.7 Å². The number of carbonyl (C=O) groups is 3. The van der Waals surface area contributed by atoms with E-state index in [1.54, 1.807) is 0 Å². The number of amides is 2. The van der Waals surface area contributed by atoms with Crippen molar-refractivity contribution in [3.05, 3.63) is 39.9 Å². The second-order valence-electron chi connectivity index (χ2n) is 3.83. The second-order valence-corrected chi connectivity index (χ2v) is 3.83. The van der Waals surface area contributed by atoms with Crippen molar-refractivity contribution in [3.8, 4) is 0 Å². The number of carbonyl (C=O) groups excluding carboxylic acids is 2. The minimum Gasteiger partial charge on any atom is -0.480 e. The van der Waals surface area contributed by atoms with Gasteiger partial charge in [0.05, 0.1) is 4.92 Å². The Morgan fingerprint density at radius 3 is 2.45 bits per heavy atom. The fourth-order valence-corrected chi connectivity index (χ4v) is 1.49. The number of aliphatic carboxylic acids is 1. The Kier molecular flexibility index (Phi) is 4.73. The van der Waals surface area contributed by atoms with Gasteiger partial charge in [0.1, 0.15) is 13.1 Å². The average molecular weight is 281 g/mol. The summed E-state index contributed by atoms with van der Waals surface area (Å²) in [6.07, 6.45) is 0. The topological polar surface area (TPSA) is 144 Å². The fraction of sp³-hybridized carbons (Fsp3) is 0.182. The van der Waals surface area contributed by atoms with E-state index in [1.807, 2.05) is 0 Å². The summed E-state index contributed by atoms with van der Waals surface area (Å²) in [7, 11) is 0. The normalized spacial score (nSPS) is 9.80. The Morgan fingerprint density at radius 2 is 1.95 bits per heavy atom. The summed E-state index contributed by atoms with van der Waals surface area (Å²) in [6.45, 7) is -1.32. The summed E-state index contributed by atoms with van der Waals surface area (Å²) in [4.78, 5) is 44.1. The molecule has 0 unspecified atom stereocenters. The number of benzene rings is 1. The molecule has 0 saturated carbocycles. The molecule has 0 aliphatic carbocycles. The van der Waals surface area contributed by atoms with Crippen LogP contribution < -0.4 is 5.73 Å². The van der Waals surface area contributed by atoms with Crippen LogP contribution in [0.5, 0.6) is 0 Å². The van der Waals surface area contributed by atoms with Crippen molar-refractivity contribution >= 4 is 23.5 Å². The number of nitrogens with zero attached hydrogens (tertiary/aromatic N) is 2. The van der Waals surface area contributed by atoms with Crippen LogP contribution >= 0.6 is 0 Å². The van der Waals surface area contributed by atoms with Gasteiger partial charge in [0, 0.05) is 17.7 Å². The monoisotopic (exact) mass is 281 g/mol. The molecule has 20 heavy (non-hydrogen) atoms. The van der Waals surface area contributed by atoms with Gasteiger partial charge in [-0.15, -0.1) is 0 Å². The number of carboxylic acids is 1. The minimum absolute atomic E-state index is 0.0956. The highest BCUT2D eigenvalue weighted by molar-refractivity contribution is 5.98. The van der Waals surface area contributed by atoms with Crippen molar-refractivity contribution in [3.63, 3.8) is 0 Å². The number of nitro groups is 1. The van der Waals surface area contributed by atoms with E-state index < -0.39 is 35.8 Å². The summed E-state index contributed by atoms with van der Waals surface area (Å²) in [5.41, 5.74) is 4.52. The molecule has 1 aromatic carbocycles. The first-order chi connectivity index (χ1) is 9.31. The first-order valence-electron chi connectivity index (χ1n) is 5.35. The van der Waals surface area contributed by atoms with Gasteiger partial charge >= 0.3 is 5.97 Å². The van der Waals surface area contributed by atoms with Crippen molar-refractivity contribution in [1.29, 1.82) is 0 Å². The fourth-order valence-electron chi connectivity index (χ4n) is 1.49. The Hall–Kier alpha value is -2.97. The molecule has 9 heteroatoms. The summed E-state index contributed by atoms with van der Waals surface area (Å²) in [6, 6.07) is 4.75. The molecule has 0 radical (unpaired) electrons. The number of rotatable bonds is 6. The zero-order chi connectivity index (χ0) is 15.3. The van der Waals surface area contributed by atoms with Crippen molar-refractivity contribution in [1.82, 2.24) is 4.90 Å². The highest BCUT2D eigenvalue weighted by atomic mass is 16.6. The first-order valence-corrected chi connectivity index (χ1v) is 5.35. The third-order valence-electron chi connectivity index (χ3n) is 2.26. The van der Waals surface area contributed by atoms with Crippen molar-refractivity contribution in [2.24, 2.45) is 5.73 Å². The van der Waals surface area contributed by atoms with Crippen LogP contribution in [0.25, 0.3) is 0 Å². The number of nitrogens with two attached hydrogens (primary N) is 1. The molecule has 0 fully saturated rings. The number of hydrogen-bond acceptors (Lipinski definition) is 5. The SMILES string of the molecule is NC(=O)CN(CC(=O)O)C(=O)c1cccc([N+](=O)[O-])c1. The van der Waals surface area contributed by atoms with Crippen LogP contribution in [0.15, 0.2) is 24.3 Å². The molecule has 2 amide bonds. The summed E-state index contributed by atoms with van der Waals surface area (Å²) < 4.78 is 0. The Morgan fingerprint density at radius 1 is 1.30 bits per heavy atom. The van der Waals surface area contributed by atoms with E-state index >= 15 is 0 Å². The van der Waals surface area contributed by atoms with E-state index in [1.165, 1.54) is 18.2 Å². The molecule has 0 atom stereocenters. The van der Waals surface area contributed by atoms with Crippen LogP contribution in [0.2, 0.25) is 0 Å². The van der Waals surface area contributed by atoms with E-state index in [4.69, 9.17) is 10.8 Å². The van der Waals surface area contributed by atoms with Gasteiger partial charge in [-0.2, -0.15) is 0 Å². The third kappa shape index (κ3) is 4.05. The smallest absolute Gasteiger partial charge is 0.323 e. The van der Waals surface area contributed by atoms with Crippen LogP contribution in [0.4, 0.5) is 5.69 Å². The maximum atomic E-state index is 12.0. The van der Waals surface area contributed by atoms with Gasteiger partial charge in [-0.25, -0.2) is 0 Å². The predicted molar refractivity (Wildman–Crippen MR) is 65.8 cm³/mol. The molecule has 0 saturated heterocycles. The van der Waals surface area contributed by atoms with Crippen LogP contribution in [-0.2, 0) is 9.59 Å². The third-order valence-corrected chi connectivity index (χ3v) is 2.26. The molecule has 9 nitrogen and oxygen atoms in total. The van der Waals surface area contributed by atoms with Gasteiger partial charge in [-0.05, 0) is 6.07 Å². The largest absolute Gasteiger partial charge is 0.480 e. The molecule has 0 bridgehead atoms. The highest BCUT2D eigenvalue weighted by Crippen LogP contribution is 2.14. The van der Waals surface area contributed by atoms with Crippen LogP contribution in [0.1, 0.15) is 10.4 Å². The molecule has 0 aliphatic rings. The maximum Gasteiger partial charge on any atom is 0.323 e. The number of non-ortho nitro benzene ring substituents is 1. The maximum absolute atomic E-state index is 12.0. The lowest BCUT2D eigenvalue weighted by Crippen LogP contribution is -2.41. The van der Waals surface area contributed by atoms with Crippen LogP contribution in [-0.4, -0.2) is 45.8 Å². The molecule has 0 heterocycles. The highest BCUT2D eigenvalue weighted by Gasteiger charge is 2.21. The molecular formula is C11H11N3O6. The molecule has 1 rings (SSSR count). The number of primary amides is 1. The first kappa shape index (κ1) is 15.1. The summed E-state index contributed by atoms with van der Waals surface area (Å²) in [5, 5.41) is 19.3. The van der Waals surface area contributed by atoms with Gasteiger partial charge in [0.25, 0.3) is 11.6 Å². The zero-order valence-electron chi connectivity index (χ0n) is 10.2. The van der Waals surface area contributed by atoms with Crippen molar-refractivity contribution in [2.75, 3.05) is 13.1 Å². The van der Waals surface area contributed by atoms with Gasteiger partial charge in [0.2, 0.25) is 5.91 Å². The standard InChI is InChI=1S/C11H11N3O6/c12-9(15)5-13(6-10(16)17)11(18)7-2-1-3-8(4-7)14(19)20/h1-4H,5-6H2,(H2,12,15)(H,16,17). The molecule has 3 N–H and O–H groups in total. The Bertz CT molecular complexity index is 555. The Labute approximate surface area is 112 Å². The lowest BCUT2D eigenvalue weighted by Gasteiger charge is -2.18. The molecule has 0 aliphatic heterocycles. The van der Waals surface area contributed by atoms with Gasteiger partial charge in [0.15, 0.2) is 0 Å². The van der Waals surface area contributed by atoms with E-state index in [9.17, 15) is 24.5 Å². The number of nitro benzene ring substituents is 1. The molecule has 0 spiro atoms. The minimum atomic E-state index is -1.33. The van der Waals surface area contributed by atoms with Gasteiger partial charge in [-0.1, -0.05) is 6.07 Å². The zero-order valence-corrected chi connectivity index (χ0v) is 10.2. The van der Waals surface area contributed by atoms with E-state index in [0.717, 1.165) is 6.07 Å². The summed E-state index contributed by atoms with van der Waals surface area (Å²) in [5.74, 6) is -3.04. The molecule has 1 aromatic rings.